The maximum Gasteiger partial charge on any atom is 0.254 e. The summed E-state index contributed by atoms with van der Waals surface area (Å²) in [4.78, 5) is 19.2. The number of aryl methyl sites for hydroxylation is 1. The first-order chi connectivity index (χ1) is 11.7. The second-order valence-corrected chi connectivity index (χ2v) is 5.74. The van der Waals surface area contributed by atoms with E-state index in [4.69, 9.17) is 4.74 Å². The van der Waals surface area contributed by atoms with Crippen LogP contribution in [-0.4, -0.2) is 46.6 Å². The molecule has 24 heavy (non-hydrogen) atoms. The van der Waals surface area contributed by atoms with Crippen molar-refractivity contribution >= 4 is 5.91 Å². The normalized spacial score (nSPS) is 17.5. The Morgan fingerprint density at radius 1 is 1.46 bits per heavy atom. The van der Waals surface area contributed by atoms with Crippen molar-refractivity contribution in [1.29, 1.82) is 0 Å². The Hall–Kier alpha value is -2.60. The minimum atomic E-state index is -0.0667. The summed E-state index contributed by atoms with van der Waals surface area (Å²) < 4.78 is 7.43. The van der Waals surface area contributed by atoms with E-state index < -0.39 is 0 Å². The zero-order chi connectivity index (χ0) is 16.9. The number of imidazole rings is 1. The van der Waals surface area contributed by atoms with Gasteiger partial charge in [0.15, 0.2) is 0 Å². The predicted molar refractivity (Wildman–Crippen MR) is 92.0 cm³/mol. The van der Waals surface area contributed by atoms with Crippen LogP contribution in [0.1, 0.15) is 22.2 Å². The molecule has 1 aromatic carbocycles. The highest BCUT2D eigenvalue weighted by Gasteiger charge is 2.30. The molecule has 6 heteroatoms. The van der Waals surface area contributed by atoms with Crippen molar-refractivity contribution in [2.75, 3.05) is 26.2 Å². The standard InChI is InChI=1S/C18H22N4O2/c1-3-12-24-15-6-4-14(5-7-15)18(23)22-11-8-19-13-16(22)17-20-9-10-21(17)2/h3-7,9-10,16,19H,1,8,11-13H2,2H3. The van der Waals surface area contributed by atoms with Crippen LogP contribution in [0.25, 0.3) is 0 Å². The van der Waals surface area contributed by atoms with E-state index in [1.54, 1.807) is 24.4 Å². The third-order valence-electron chi connectivity index (χ3n) is 4.13. The molecule has 1 saturated heterocycles. The van der Waals surface area contributed by atoms with Gasteiger partial charge in [0.1, 0.15) is 24.2 Å². The van der Waals surface area contributed by atoms with E-state index in [0.29, 0.717) is 25.3 Å². The molecule has 0 radical (unpaired) electrons. The first kappa shape index (κ1) is 16.3. The Morgan fingerprint density at radius 2 is 2.25 bits per heavy atom. The largest absolute Gasteiger partial charge is 0.490 e. The lowest BCUT2D eigenvalue weighted by molar-refractivity contribution is 0.0621. The summed E-state index contributed by atoms with van der Waals surface area (Å²) in [7, 11) is 1.95. The van der Waals surface area contributed by atoms with Crippen molar-refractivity contribution in [2.24, 2.45) is 7.05 Å². The van der Waals surface area contributed by atoms with E-state index in [2.05, 4.69) is 16.9 Å². The number of hydrogen-bond acceptors (Lipinski definition) is 4. The molecule has 1 aliphatic heterocycles. The van der Waals surface area contributed by atoms with Crippen LogP contribution in [0.2, 0.25) is 0 Å². The van der Waals surface area contributed by atoms with Gasteiger partial charge < -0.3 is 19.5 Å². The molecule has 1 atom stereocenters. The van der Waals surface area contributed by atoms with Gasteiger partial charge in [0.2, 0.25) is 0 Å². The molecule has 0 saturated carbocycles. The number of carbonyl (C=O) groups excluding carboxylic acids is 1. The second kappa shape index (κ2) is 7.31. The molecule has 0 spiro atoms. The third kappa shape index (κ3) is 3.33. The summed E-state index contributed by atoms with van der Waals surface area (Å²) in [5, 5.41) is 3.34. The molecule has 126 valence electrons. The summed E-state index contributed by atoms with van der Waals surface area (Å²) in [6.07, 6.45) is 5.36. The summed E-state index contributed by atoms with van der Waals surface area (Å²) in [5.74, 6) is 1.63. The Balaban J connectivity index is 1.79. The van der Waals surface area contributed by atoms with Gasteiger partial charge in [-0.3, -0.25) is 4.79 Å². The summed E-state index contributed by atoms with van der Waals surface area (Å²) in [6.45, 7) is 6.22. The zero-order valence-corrected chi connectivity index (χ0v) is 13.8. The van der Waals surface area contributed by atoms with E-state index >= 15 is 0 Å². The molecule has 1 aliphatic rings. The molecule has 1 amide bonds. The van der Waals surface area contributed by atoms with Crippen molar-refractivity contribution in [3.8, 4) is 5.75 Å². The van der Waals surface area contributed by atoms with Crippen LogP contribution in [0.4, 0.5) is 0 Å². The van der Waals surface area contributed by atoms with Crippen molar-refractivity contribution in [1.82, 2.24) is 19.8 Å². The lowest BCUT2D eigenvalue weighted by Crippen LogP contribution is -2.49. The number of nitrogens with zero attached hydrogens (tertiary/aromatic N) is 3. The number of nitrogens with one attached hydrogen (secondary N) is 1. The number of benzene rings is 1. The number of rotatable bonds is 5. The lowest BCUT2D eigenvalue weighted by Gasteiger charge is -2.35. The average Bonchev–Trinajstić information content (AvgIpc) is 3.05. The van der Waals surface area contributed by atoms with Gasteiger partial charge in [0.25, 0.3) is 5.91 Å². The maximum atomic E-state index is 12.9. The van der Waals surface area contributed by atoms with Gasteiger partial charge in [-0.1, -0.05) is 12.7 Å². The zero-order valence-electron chi connectivity index (χ0n) is 13.8. The fraction of sp³-hybridized carbons (Fsp3) is 0.333. The predicted octanol–water partition coefficient (Wildman–Crippen LogP) is 1.77. The Bertz CT molecular complexity index is 708. The van der Waals surface area contributed by atoms with Gasteiger partial charge in [-0.15, -0.1) is 0 Å². The number of hydrogen-bond donors (Lipinski definition) is 1. The highest BCUT2D eigenvalue weighted by atomic mass is 16.5. The van der Waals surface area contributed by atoms with E-state index in [1.165, 1.54) is 0 Å². The first-order valence-electron chi connectivity index (χ1n) is 8.03. The van der Waals surface area contributed by atoms with Crippen molar-refractivity contribution in [3.05, 3.63) is 60.7 Å². The van der Waals surface area contributed by atoms with Crippen LogP contribution in [-0.2, 0) is 7.05 Å². The number of amides is 1. The van der Waals surface area contributed by atoms with Gasteiger partial charge in [0, 0.05) is 44.6 Å². The van der Waals surface area contributed by atoms with Gasteiger partial charge >= 0.3 is 0 Å². The minimum Gasteiger partial charge on any atom is -0.490 e. The van der Waals surface area contributed by atoms with Crippen LogP contribution < -0.4 is 10.1 Å². The molecule has 0 bridgehead atoms. The smallest absolute Gasteiger partial charge is 0.254 e. The van der Waals surface area contributed by atoms with E-state index in [1.807, 2.05) is 34.8 Å². The fourth-order valence-corrected chi connectivity index (χ4v) is 2.89. The monoisotopic (exact) mass is 326 g/mol. The number of carbonyl (C=O) groups is 1. The molecule has 2 heterocycles. The third-order valence-corrected chi connectivity index (χ3v) is 4.13. The van der Waals surface area contributed by atoms with E-state index in [-0.39, 0.29) is 11.9 Å². The van der Waals surface area contributed by atoms with Crippen LogP contribution in [0, 0.1) is 0 Å². The Labute approximate surface area is 141 Å². The van der Waals surface area contributed by atoms with Gasteiger partial charge in [-0.2, -0.15) is 0 Å². The van der Waals surface area contributed by atoms with Crippen LogP contribution in [0.15, 0.2) is 49.3 Å². The topological polar surface area (TPSA) is 59.4 Å². The molecule has 1 fully saturated rings. The summed E-state index contributed by atoms with van der Waals surface area (Å²) >= 11 is 0. The fourth-order valence-electron chi connectivity index (χ4n) is 2.89. The number of piperazine rings is 1. The van der Waals surface area contributed by atoms with Crippen LogP contribution in [0.5, 0.6) is 5.75 Å². The number of ether oxygens (including phenoxy) is 1. The molecule has 2 aromatic rings. The minimum absolute atomic E-state index is 0.0137. The van der Waals surface area contributed by atoms with Gasteiger partial charge in [-0.25, -0.2) is 4.98 Å². The van der Waals surface area contributed by atoms with Crippen molar-refractivity contribution in [3.63, 3.8) is 0 Å². The Morgan fingerprint density at radius 3 is 2.92 bits per heavy atom. The molecule has 1 unspecified atom stereocenters. The van der Waals surface area contributed by atoms with Crippen molar-refractivity contribution < 1.29 is 9.53 Å². The van der Waals surface area contributed by atoms with Crippen molar-refractivity contribution in [2.45, 2.75) is 6.04 Å². The van der Waals surface area contributed by atoms with Gasteiger partial charge in [-0.05, 0) is 24.3 Å². The molecule has 1 aromatic heterocycles. The molecule has 1 N–H and O–H groups in total. The summed E-state index contributed by atoms with van der Waals surface area (Å²) in [5.41, 5.74) is 0.655. The van der Waals surface area contributed by atoms with E-state index in [0.717, 1.165) is 18.1 Å². The van der Waals surface area contributed by atoms with Crippen LogP contribution in [0.3, 0.4) is 0 Å². The molecule has 3 rings (SSSR count). The Kier molecular flexibility index (Phi) is 4.96. The lowest BCUT2D eigenvalue weighted by atomic mass is 10.1. The molecule has 6 nitrogen and oxygen atoms in total. The number of aromatic nitrogens is 2. The van der Waals surface area contributed by atoms with Crippen LogP contribution >= 0.6 is 0 Å². The van der Waals surface area contributed by atoms with Gasteiger partial charge in [0.05, 0.1) is 0 Å². The molecule has 0 aliphatic carbocycles. The average molecular weight is 326 g/mol. The molecular weight excluding hydrogens is 304 g/mol. The summed E-state index contributed by atoms with van der Waals surface area (Å²) in [6, 6.07) is 7.17. The quantitative estimate of drug-likeness (QED) is 0.851. The molecular formula is C18H22N4O2. The highest BCUT2D eigenvalue weighted by molar-refractivity contribution is 5.94. The van der Waals surface area contributed by atoms with E-state index in [9.17, 15) is 4.79 Å². The SMILES string of the molecule is C=CCOc1ccc(C(=O)N2CCNCC2c2nccn2C)cc1. The highest BCUT2D eigenvalue weighted by Crippen LogP contribution is 2.23. The maximum absolute atomic E-state index is 12.9. The first-order valence-corrected chi connectivity index (χ1v) is 8.03. The second-order valence-electron chi connectivity index (χ2n) is 5.74.